The number of nitrogens with zero attached hydrogens (tertiary/aromatic N) is 7. The van der Waals surface area contributed by atoms with E-state index in [-0.39, 0.29) is 23.6 Å². The number of piperidine rings is 2. The minimum atomic E-state index is -0.976. The van der Waals surface area contributed by atoms with Crippen LogP contribution < -0.4 is 24.3 Å². The fourth-order valence-corrected chi connectivity index (χ4v) is 9.33. The largest absolute Gasteiger partial charge is 0.493 e. The highest BCUT2D eigenvalue weighted by molar-refractivity contribution is 6.01. The number of carbonyl (C=O) groups is 4. The molecule has 4 aromatic carbocycles. The highest BCUT2D eigenvalue weighted by atomic mass is 16.5. The Morgan fingerprint density at radius 3 is 1.55 bits per heavy atom. The molecule has 6 aromatic rings. The van der Waals surface area contributed by atoms with E-state index in [4.69, 9.17) is 33.1 Å². The molecular weight excluding hydrogens is 937 g/mol. The maximum atomic E-state index is 13.2. The van der Waals surface area contributed by atoms with Crippen LogP contribution in [0, 0.1) is 0 Å². The molecule has 0 aliphatic carbocycles. The number of likely N-dealkylation sites (tertiary alicyclic amines) is 1. The van der Waals surface area contributed by atoms with Crippen LogP contribution in [0.2, 0.25) is 0 Å². The van der Waals surface area contributed by atoms with E-state index in [0.29, 0.717) is 91.2 Å². The molecule has 0 bridgehead atoms. The molecule has 3 amide bonds. The molecule has 10 rings (SSSR count). The predicted octanol–water partition coefficient (Wildman–Crippen LogP) is 7.62. The van der Waals surface area contributed by atoms with E-state index in [2.05, 4.69) is 25.6 Å². The maximum Gasteiger partial charge on any atom is 0.326 e. The average molecular weight is 999 g/mol. The van der Waals surface area contributed by atoms with E-state index in [1.165, 1.54) is 11.8 Å². The SMILES string of the molecule is CC(C(=O)O)N1Cc2ccccc2C1=O.CCOc1ccc(-c2noc(C3CCN(C(=O)C(C)N4Cc5ccccc5C4=O)CC3)n2)cc1OC.CCOc1ccc(-c2noc(C3CCNCC3)n2)cc1OC. The molecule has 73 heavy (non-hydrogen) atoms. The zero-order valence-corrected chi connectivity index (χ0v) is 42.0. The molecule has 19 nitrogen and oxygen atoms in total. The molecule has 2 unspecified atom stereocenters. The number of benzene rings is 4. The first kappa shape index (κ1) is 51.6. The van der Waals surface area contributed by atoms with Crippen molar-refractivity contribution in [3.63, 3.8) is 0 Å². The van der Waals surface area contributed by atoms with E-state index in [1.807, 2.05) is 98.5 Å². The number of rotatable bonds is 14. The number of hydrogen-bond acceptors (Lipinski definition) is 15. The van der Waals surface area contributed by atoms with E-state index in [1.54, 1.807) is 31.3 Å². The van der Waals surface area contributed by atoms with Crippen LogP contribution in [0.25, 0.3) is 22.8 Å². The van der Waals surface area contributed by atoms with Crippen LogP contribution in [-0.4, -0.2) is 129 Å². The van der Waals surface area contributed by atoms with Gasteiger partial charge >= 0.3 is 5.97 Å². The topological polar surface area (TPSA) is 225 Å². The van der Waals surface area contributed by atoms with Gasteiger partial charge in [0.25, 0.3) is 11.8 Å². The predicted molar refractivity (Wildman–Crippen MR) is 268 cm³/mol. The number of ether oxygens (including phenoxy) is 4. The number of amides is 3. The highest BCUT2D eigenvalue weighted by Crippen LogP contribution is 2.36. The molecule has 4 aliphatic rings. The Labute approximate surface area is 423 Å². The Hall–Kier alpha value is -7.80. The van der Waals surface area contributed by atoms with Gasteiger partial charge in [-0.05, 0) is 126 Å². The van der Waals surface area contributed by atoms with Crippen molar-refractivity contribution in [3.8, 4) is 45.8 Å². The number of nitrogens with one attached hydrogen (secondary N) is 1. The molecule has 19 heteroatoms. The number of carboxylic acid groups (broad SMARTS) is 1. The van der Waals surface area contributed by atoms with Gasteiger partial charge in [0.05, 0.1) is 27.4 Å². The first-order valence-electron chi connectivity index (χ1n) is 24.7. The van der Waals surface area contributed by atoms with Crippen molar-refractivity contribution in [2.75, 3.05) is 53.6 Å². The quantitative estimate of drug-likeness (QED) is 0.107. The van der Waals surface area contributed by atoms with Gasteiger partial charge in [-0.25, -0.2) is 4.79 Å². The molecule has 384 valence electrons. The third-order valence-electron chi connectivity index (χ3n) is 13.5. The Morgan fingerprint density at radius 2 is 1.11 bits per heavy atom. The number of hydrogen-bond donors (Lipinski definition) is 2. The third kappa shape index (κ3) is 11.6. The second-order valence-corrected chi connectivity index (χ2v) is 18.0. The smallest absolute Gasteiger partial charge is 0.326 e. The van der Waals surface area contributed by atoms with Crippen molar-refractivity contribution in [1.29, 1.82) is 0 Å². The van der Waals surface area contributed by atoms with Gasteiger partial charge in [0.1, 0.15) is 12.1 Å². The van der Waals surface area contributed by atoms with Crippen molar-refractivity contribution in [1.82, 2.24) is 40.3 Å². The van der Waals surface area contributed by atoms with E-state index < -0.39 is 18.1 Å². The molecule has 6 heterocycles. The summed E-state index contributed by atoms with van der Waals surface area (Å²) in [5, 5.41) is 20.5. The summed E-state index contributed by atoms with van der Waals surface area (Å²) in [4.78, 5) is 62.6. The van der Waals surface area contributed by atoms with Gasteiger partial charge in [-0.15, -0.1) is 0 Å². The molecule has 2 fully saturated rings. The fraction of sp³-hybridized carbons (Fsp3) is 0.407. The lowest BCUT2D eigenvalue weighted by atomic mass is 9.96. The lowest BCUT2D eigenvalue weighted by Gasteiger charge is -2.34. The Bertz CT molecular complexity index is 2890. The summed E-state index contributed by atoms with van der Waals surface area (Å²) >= 11 is 0. The monoisotopic (exact) mass is 998 g/mol. The van der Waals surface area contributed by atoms with Gasteiger partial charge in [-0.3, -0.25) is 14.4 Å². The summed E-state index contributed by atoms with van der Waals surface area (Å²) in [7, 11) is 3.22. The molecule has 0 saturated carbocycles. The summed E-state index contributed by atoms with van der Waals surface area (Å²) < 4.78 is 32.9. The van der Waals surface area contributed by atoms with Gasteiger partial charge in [0.2, 0.25) is 29.3 Å². The normalized spacial score (nSPS) is 16.3. The van der Waals surface area contributed by atoms with Crippen LogP contribution >= 0.6 is 0 Å². The molecule has 2 saturated heterocycles. The van der Waals surface area contributed by atoms with E-state index >= 15 is 0 Å². The number of methoxy groups -OCH3 is 2. The first-order chi connectivity index (χ1) is 35.4. The second kappa shape index (κ2) is 23.6. The summed E-state index contributed by atoms with van der Waals surface area (Å²) in [5.74, 6) is 4.21. The summed E-state index contributed by atoms with van der Waals surface area (Å²) in [6, 6.07) is 24.7. The minimum absolute atomic E-state index is 0.0256. The van der Waals surface area contributed by atoms with Crippen molar-refractivity contribution >= 4 is 23.7 Å². The maximum absolute atomic E-state index is 13.2. The molecule has 2 aromatic heterocycles. The molecule has 0 spiro atoms. The van der Waals surface area contributed by atoms with Gasteiger partial charge in [-0.1, -0.05) is 46.7 Å². The second-order valence-electron chi connectivity index (χ2n) is 18.0. The van der Waals surface area contributed by atoms with Crippen LogP contribution in [0.15, 0.2) is 94.0 Å². The standard InChI is InChI=1S/C27H30N4O5.C16H21N3O3.C11H11NO3/c1-4-35-22-10-9-19(15-23(22)34-3)24-28-25(36-29-24)18-11-13-30(14-12-18)26(32)17(2)31-16-20-7-5-6-8-21(20)27(31)33;1-3-21-13-5-4-12(10-14(13)20-2)15-18-16(22-19-15)11-6-8-17-9-7-11;1-7(11(14)15)12-6-8-4-2-3-5-9(8)10(12)13/h5-10,15,17-18H,4,11-14,16H2,1-3H3;4-5,10-11,17H,3,6-9H2,1-2H3;2-5,7H,6H2,1H3,(H,14,15). The Morgan fingerprint density at radius 1 is 0.658 bits per heavy atom. The molecule has 2 atom stereocenters. The zero-order valence-electron chi connectivity index (χ0n) is 42.0. The van der Waals surface area contributed by atoms with Crippen molar-refractivity contribution < 1.29 is 52.3 Å². The average Bonchev–Trinajstić information content (AvgIpc) is 4.26. The zero-order chi connectivity index (χ0) is 51.6. The lowest BCUT2D eigenvalue weighted by molar-refractivity contribution is -0.141. The molecule has 4 aliphatic heterocycles. The van der Waals surface area contributed by atoms with Gasteiger partial charge in [0.15, 0.2) is 23.0 Å². The van der Waals surface area contributed by atoms with Crippen LogP contribution in [0.1, 0.15) is 109 Å². The first-order valence-corrected chi connectivity index (χ1v) is 24.7. The lowest BCUT2D eigenvalue weighted by Crippen LogP contribution is -2.49. The Balaban J connectivity index is 0.000000162. The molecule has 0 radical (unpaired) electrons. The molecular formula is C54H62N8O11. The number of fused-ring (bicyclic) bond motifs is 2. The Kier molecular flexibility index (Phi) is 16.7. The summed E-state index contributed by atoms with van der Waals surface area (Å²) in [5.41, 5.74) is 4.82. The van der Waals surface area contributed by atoms with Crippen molar-refractivity contribution in [2.45, 2.75) is 90.4 Å². The third-order valence-corrected chi connectivity index (χ3v) is 13.5. The van der Waals surface area contributed by atoms with Gasteiger partial charge < -0.3 is 53.1 Å². The highest BCUT2D eigenvalue weighted by Gasteiger charge is 2.37. The number of carboxylic acids is 1. The fourth-order valence-electron chi connectivity index (χ4n) is 9.33. The minimum Gasteiger partial charge on any atom is -0.493 e. The van der Waals surface area contributed by atoms with Crippen molar-refractivity contribution in [2.24, 2.45) is 0 Å². The van der Waals surface area contributed by atoms with Crippen LogP contribution in [0.4, 0.5) is 0 Å². The summed E-state index contributed by atoms with van der Waals surface area (Å²) in [6.07, 6.45) is 3.52. The number of aliphatic carboxylic acids is 1. The van der Waals surface area contributed by atoms with Gasteiger partial charge in [-0.2, -0.15) is 9.97 Å². The summed E-state index contributed by atoms with van der Waals surface area (Å²) in [6.45, 7) is 12.4. The van der Waals surface area contributed by atoms with Crippen molar-refractivity contribution in [3.05, 3.63) is 119 Å². The van der Waals surface area contributed by atoms with Gasteiger partial charge in [0, 0.05) is 60.3 Å². The van der Waals surface area contributed by atoms with Crippen LogP contribution in [0.3, 0.4) is 0 Å². The van der Waals surface area contributed by atoms with E-state index in [0.717, 1.165) is 72.7 Å². The number of aromatic nitrogens is 4. The van der Waals surface area contributed by atoms with E-state index in [9.17, 15) is 19.2 Å². The number of carbonyl (C=O) groups excluding carboxylic acids is 3. The van der Waals surface area contributed by atoms with Crippen LogP contribution in [0.5, 0.6) is 23.0 Å². The molecule has 2 N–H and O–H groups in total. The van der Waals surface area contributed by atoms with Crippen LogP contribution in [-0.2, 0) is 22.7 Å².